The molecule has 3 heteroatoms. The minimum atomic E-state index is -0.453. The van der Waals surface area contributed by atoms with Crippen molar-refractivity contribution < 1.29 is 14.6 Å². The summed E-state index contributed by atoms with van der Waals surface area (Å²) in [6.07, 6.45) is -0.694. The van der Waals surface area contributed by atoms with Crippen molar-refractivity contribution in [2.75, 3.05) is 0 Å². The van der Waals surface area contributed by atoms with Gasteiger partial charge in [-0.2, -0.15) is 0 Å². The van der Waals surface area contributed by atoms with Crippen LogP contribution in [0.4, 0.5) is 0 Å². The highest BCUT2D eigenvalue weighted by molar-refractivity contribution is 5.67. The smallest absolute Gasteiger partial charge is 0.303 e. The summed E-state index contributed by atoms with van der Waals surface area (Å²) >= 11 is 0. The molecule has 0 unspecified atom stereocenters. The third-order valence-corrected chi connectivity index (χ3v) is 3.45. The summed E-state index contributed by atoms with van der Waals surface area (Å²) in [6, 6.07) is 15.8. The molecule has 0 heterocycles. The number of hydrogen-bond donors (Lipinski definition) is 1. The Labute approximate surface area is 125 Å². The highest BCUT2D eigenvalue weighted by atomic mass is 16.5. The zero-order chi connectivity index (χ0) is 15.4. The maximum Gasteiger partial charge on any atom is 0.303 e. The van der Waals surface area contributed by atoms with Crippen LogP contribution in [0.25, 0.3) is 11.1 Å². The van der Waals surface area contributed by atoms with E-state index in [1.54, 1.807) is 6.92 Å². The van der Waals surface area contributed by atoms with Gasteiger partial charge in [-0.05, 0) is 36.1 Å². The zero-order valence-electron chi connectivity index (χ0n) is 12.5. The summed E-state index contributed by atoms with van der Waals surface area (Å²) in [5.74, 6) is -0.278. The van der Waals surface area contributed by atoms with Gasteiger partial charge in [-0.3, -0.25) is 4.79 Å². The molecule has 21 heavy (non-hydrogen) atoms. The molecule has 2 aromatic rings. The Morgan fingerprint density at radius 3 is 1.71 bits per heavy atom. The number of hydrogen-bond acceptors (Lipinski definition) is 3. The van der Waals surface area contributed by atoms with E-state index in [1.165, 1.54) is 6.92 Å². The van der Waals surface area contributed by atoms with Crippen LogP contribution >= 0.6 is 0 Å². The predicted molar refractivity (Wildman–Crippen MR) is 82.7 cm³/mol. The minimum Gasteiger partial charge on any atom is -0.458 e. The maximum atomic E-state index is 11.0. The van der Waals surface area contributed by atoms with Gasteiger partial charge in [0.2, 0.25) is 0 Å². The van der Waals surface area contributed by atoms with E-state index in [0.717, 1.165) is 22.3 Å². The Morgan fingerprint density at radius 1 is 0.905 bits per heavy atom. The topological polar surface area (TPSA) is 46.5 Å². The largest absolute Gasteiger partial charge is 0.458 e. The SMILES string of the molecule is CC(=O)O[C@H](C)c1ccc(-c2ccc([C@@H](C)O)cc2)cc1. The highest BCUT2D eigenvalue weighted by Gasteiger charge is 2.08. The van der Waals surface area contributed by atoms with Gasteiger partial charge >= 0.3 is 5.97 Å². The first-order valence-corrected chi connectivity index (χ1v) is 7.03. The number of aliphatic hydroxyl groups is 1. The first-order chi connectivity index (χ1) is 9.97. The van der Waals surface area contributed by atoms with Crippen molar-refractivity contribution >= 4 is 5.97 Å². The van der Waals surface area contributed by atoms with E-state index in [4.69, 9.17) is 4.74 Å². The lowest BCUT2D eigenvalue weighted by atomic mass is 10.00. The summed E-state index contributed by atoms with van der Waals surface area (Å²) in [4.78, 5) is 11.0. The lowest BCUT2D eigenvalue weighted by Crippen LogP contribution is -2.04. The molecule has 0 aliphatic carbocycles. The Bertz CT molecular complexity index is 597. The first-order valence-electron chi connectivity index (χ1n) is 7.03. The van der Waals surface area contributed by atoms with Gasteiger partial charge in [0.25, 0.3) is 0 Å². The van der Waals surface area contributed by atoms with Crippen LogP contribution < -0.4 is 0 Å². The fourth-order valence-corrected chi connectivity index (χ4v) is 2.22. The quantitative estimate of drug-likeness (QED) is 0.862. The number of aliphatic hydroxyl groups excluding tert-OH is 1. The summed E-state index contributed by atoms with van der Waals surface area (Å²) in [6.45, 7) is 5.02. The van der Waals surface area contributed by atoms with E-state index in [9.17, 15) is 9.90 Å². The number of esters is 1. The third-order valence-electron chi connectivity index (χ3n) is 3.45. The molecular formula is C18H20O3. The lowest BCUT2D eigenvalue weighted by molar-refractivity contribution is -0.145. The van der Waals surface area contributed by atoms with Crippen molar-refractivity contribution in [3.05, 3.63) is 59.7 Å². The van der Waals surface area contributed by atoms with Crippen molar-refractivity contribution in [2.24, 2.45) is 0 Å². The van der Waals surface area contributed by atoms with Gasteiger partial charge in [0.1, 0.15) is 6.10 Å². The van der Waals surface area contributed by atoms with Crippen LogP contribution in [0, 0.1) is 0 Å². The molecule has 2 aromatic carbocycles. The van der Waals surface area contributed by atoms with E-state index in [0.29, 0.717) is 0 Å². The standard InChI is InChI=1S/C18H20O3/c1-12(19)15-4-8-17(9-5-15)18-10-6-16(7-11-18)13(2)21-14(3)20/h4-13,19H,1-3H3/t12-,13-/m1/s1. The molecule has 0 saturated carbocycles. The summed E-state index contributed by atoms with van der Waals surface area (Å²) in [7, 11) is 0. The molecule has 1 N–H and O–H groups in total. The Morgan fingerprint density at radius 2 is 1.33 bits per heavy atom. The Kier molecular flexibility index (Phi) is 4.76. The molecule has 0 aliphatic rings. The maximum absolute atomic E-state index is 11.0. The fourth-order valence-electron chi connectivity index (χ4n) is 2.22. The number of carbonyl (C=O) groups excluding carboxylic acids is 1. The third kappa shape index (κ3) is 3.92. The molecule has 0 amide bonds. The summed E-state index contributed by atoms with van der Waals surface area (Å²) in [5.41, 5.74) is 4.05. The van der Waals surface area contributed by atoms with Gasteiger partial charge in [-0.15, -0.1) is 0 Å². The molecule has 0 bridgehead atoms. The molecule has 0 radical (unpaired) electrons. The van der Waals surface area contributed by atoms with E-state index in [2.05, 4.69) is 0 Å². The van der Waals surface area contributed by atoms with Gasteiger partial charge in [0.05, 0.1) is 6.10 Å². The predicted octanol–water partition coefficient (Wildman–Crippen LogP) is 4.03. The van der Waals surface area contributed by atoms with Crippen LogP contribution in [0.15, 0.2) is 48.5 Å². The number of ether oxygens (including phenoxy) is 1. The Balaban J connectivity index is 2.16. The second-order valence-electron chi connectivity index (χ2n) is 5.17. The van der Waals surface area contributed by atoms with Gasteiger partial charge in [0, 0.05) is 6.92 Å². The van der Waals surface area contributed by atoms with E-state index >= 15 is 0 Å². The molecule has 3 nitrogen and oxygen atoms in total. The monoisotopic (exact) mass is 284 g/mol. The van der Waals surface area contributed by atoms with E-state index < -0.39 is 6.10 Å². The molecular weight excluding hydrogens is 264 g/mol. The van der Waals surface area contributed by atoms with Crippen LogP contribution in [0.3, 0.4) is 0 Å². The average molecular weight is 284 g/mol. The number of rotatable bonds is 4. The van der Waals surface area contributed by atoms with Gasteiger partial charge in [0.15, 0.2) is 0 Å². The number of carbonyl (C=O) groups is 1. The van der Waals surface area contributed by atoms with Gasteiger partial charge < -0.3 is 9.84 Å². The van der Waals surface area contributed by atoms with Crippen molar-refractivity contribution in [2.45, 2.75) is 33.0 Å². The van der Waals surface area contributed by atoms with Crippen LogP contribution in [-0.2, 0) is 9.53 Å². The Hall–Kier alpha value is -2.13. The fraction of sp³-hybridized carbons (Fsp3) is 0.278. The van der Waals surface area contributed by atoms with E-state index in [1.807, 2.05) is 55.5 Å². The average Bonchev–Trinajstić information content (AvgIpc) is 2.47. The van der Waals surface area contributed by atoms with E-state index in [-0.39, 0.29) is 12.1 Å². The summed E-state index contributed by atoms with van der Waals surface area (Å²) < 4.78 is 5.16. The molecule has 2 atom stereocenters. The lowest BCUT2D eigenvalue weighted by Gasteiger charge is -2.13. The van der Waals surface area contributed by atoms with Crippen LogP contribution in [0.5, 0.6) is 0 Å². The second-order valence-corrected chi connectivity index (χ2v) is 5.17. The van der Waals surface area contributed by atoms with Crippen LogP contribution in [0.1, 0.15) is 44.1 Å². The summed E-state index contributed by atoms with van der Waals surface area (Å²) in [5, 5.41) is 9.51. The molecule has 0 spiro atoms. The van der Waals surface area contributed by atoms with Crippen molar-refractivity contribution in [1.82, 2.24) is 0 Å². The minimum absolute atomic E-state index is 0.242. The normalized spacial score (nSPS) is 13.5. The molecule has 0 aromatic heterocycles. The number of benzene rings is 2. The first kappa shape index (κ1) is 15.3. The van der Waals surface area contributed by atoms with Crippen molar-refractivity contribution in [3.8, 4) is 11.1 Å². The second kappa shape index (κ2) is 6.55. The molecule has 110 valence electrons. The van der Waals surface area contributed by atoms with Gasteiger partial charge in [-0.25, -0.2) is 0 Å². The molecule has 0 fully saturated rings. The molecule has 0 saturated heterocycles. The van der Waals surface area contributed by atoms with Crippen LogP contribution in [0.2, 0.25) is 0 Å². The zero-order valence-corrected chi connectivity index (χ0v) is 12.5. The molecule has 0 aliphatic heterocycles. The van der Waals surface area contributed by atoms with Crippen LogP contribution in [-0.4, -0.2) is 11.1 Å². The van der Waals surface area contributed by atoms with Crippen molar-refractivity contribution in [1.29, 1.82) is 0 Å². The van der Waals surface area contributed by atoms with Crippen molar-refractivity contribution in [3.63, 3.8) is 0 Å². The highest BCUT2D eigenvalue weighted by Crippen LogP contribution is 2.25. The van der Waals surface area contributed by atoms with Gasteiger partial charge in [-0.1, -0.05) is 48.5 Å². The molecule has 2 rings (SSSR count).